The Hall–Kier alpha value is -0.910. The van der Waals surface area contributed by atoms with Gasteiger partial charge in [-0.15, -0.1) is 34.9 Å². The Morgan fingerprint density at radius 3 is 2.79 bits per heavy atom. The van der Waals surface area contributed by atoms with Crippen molar-refractivity contribution in [2.75, 3.05) is 17.3 Å². The number of fused-ring (bicyclic) bond motifs is 1. The van der Waals surface area contributed by atoms with E-state index in [0.717, 1.165) is 5.69 Å². The summed E-state index contributed by atoms with van der Waals surface area (Å²) in [5.74, 6) is 0.601. The molecule has 0 fully saturated rings. The molecule has 5 heteroatoms. The highest BCUT2D eigenvalue weighted by Crippen LogP contribution is 2.44. The third-order valence-electron chi connectivity index (χ3n) is 3.01. The SMILES string of the molecule is CSc1ccc(C2SCC(=O)Nc3ccsc32)cc1. The van der Waals surface area contributed by atoms with Crippen molar-refractivity contribution in [2.45, 2.75) is 10.1 Å². The molecular weight excluding hydrogens is 294 g/mol. The van der Waals surface area contributed by atoms with E-state index in [1.807, 2.05) is 11.4 Å². The fourth-order valence-electron chi connectivity index (χ4n) is 2.07. The number of rotatable bonds is 2. The minimum absolute atomic E-state index is 0.0906. The molecule has 0 saturated carbocycles. The molecule has 1 aliphatic heterocycles. The molecule has 0 bridgehead atoms. The van der Waals surface area contributed by atoms with Crippen molar-refractivity contribution in [1.29, 1.82) is 0 Å². The molecule has 1 aromatic carbocycles. The molecule has 1 amide bonds. The van der Waals surface area contributed by atoms with Crippen molar-refractivity contribution in [3.05, 3.63) is 46.2 Å². The lowest BCUT2D eigenvalue weighted by atomic mass is 10.1. The summed E-state index contributed by atoms with van der Waals surface area (Å²) in [6.07, 6.45) is 2.08. The van der Waals surface area contributed by atoms with Crippen LogP contribution in [-0.4, -0.2) is 17.9 Å². The number of amides is 1. The predicted molar refractivity (Wildman–Crippen MR) is 85.5 cm³/mol. The molecule has 0 spiro atoms. The van der Waals surface area contributed by atoms with Crippen molar-refractivity contribution in [2.24, 2.45) is 0 Å². The zero-order chi connectivity index (χ0) is 13.2. The van der Waals surface area contributed by atoms with Crippen molar-refractivity contribution in [3.63, 3.8) is 0 Å². The third-order valence-corrected chi connectivity index (χ3v) is 6.15. The van der Waals surface area contributed by atoms with Gasteiger partial charge in [-0.05, 0) is 35.4 Å². The standard InChI is InChI=1S/C14H13NOS3/c1-17-10-4-2-9(3-5-10)13-14-11(6-7-18-14)15-12(16)8-19-13/h2-7,13H,8H2,1H3,(H,15,16). The summed E-state index contributed by atoms with van der Waals surface area (Å²) in [5, 5.41) is 5.27. The van der Waals surface area contributed by atoms with Crippen LogP contribution in [0.3, 0.4) is 0 Å². The number of carbonyl (C=O) groups is 1. The van der Waals surface area contributed by atoms with Gasteiger partial charge >= 0.3 is 0 Å². The van der Waals surface area contributed by atoms with Crippen LogP contribution in [-0.2, 0) is 4.79 Å². The number of carbonyl (C=O) groups excluding carboxylic acids is 1. The number of thioether (sulfide) groups is 2. The molecule has 1 N–H and O–H groups in total. The first-order chi connectivity index (χ1) is 9.28. The fraction of sp³-hybridized carbons (Fsp3) is 0.214. The maximum Gasteiger partial charge on any atom is 0.234 e. The molecule has 19 heavy (non-hydrogen) atoms. The van der Waals surface area contributed by atoms with Crippen LogP contribution in [0.2, 0.25) is 0 Å². The fourth-order valence-corrected chi connectivity index (χ4v) is 4.73. The number of nitrogens with one attached hydrogen (secondary N) is 1. The lowest BCUT2D eigenvalue weighted by Gasteiger charge is -2.14. The average Bonchev–Trinajstić information content (AvgIpc) is 2.82. The Labute approximate surface area is 125 Å². The molecule has 2 nitrogen and oxygen atoms in total. The third kappa shape index (κ3) is 2.68. The first-order valence-corrected chi connectivity index (χ1v) is 9.06. The highest BCUT2D eigenvalue weighted by Gasteiger charge is 2.25. The monoisotopic (exact) mass is 307 g/mol. The van der Waals surface area contributed by atoms with E-state index in [4.69, 9.17) is 0 Å². The summed E-state index contributed by atoms with van der Waals surface area (Å²) in [7, 11) is 0. The smallest absolute Gasteiger partial charge is 0.234 e. The van der Waals surface area contributed by atoms with Crippen molar-refractivity contribution >= 4 is 46.5 Å². The van der Waals surface area contributed by atoms with Crippen LogP contribution in [0.5, 0.6) is 0 Å². The summed E-state index contributed by atoms with van der Waals surface area (Å²) in [6, 6.07) is 10.6. The summed E-state index contributed by atoms with van der Waals surface area (Å²) in [5.41, 5.74) is 2.24. The normalized spacial score (nSPS) is 18.6. The Morgan fingerprint density at radius 2 is 2.05 bits per heavy atom. The van der Waals surface area contributed by atoms with Gasteiger partial charge in [0.1, 0.15) is 0 Å². The molecule has 1 atom stereocenters. The molecule has 2 aromatic rings. The van der Waals surface area contributed by atoms with E-state index in [0.29, 0.717) is 5.75 Å². The highest BCUT2D eigenvalue weighted by atomic mass is 32.2. The highest BCUT2D eigenvalue weighted by molar-refractivity contribution is 8.00. The molecule has 2 heterocycles. The second kappa shape index (κ2) is 5.61. The van der Waals surface area contributed by atoms with E-state index in [2.05, 4.69) is 35.8 Å². The van der Waals surface area contributed by atoms with Gasteiger partial charge in [0.15, 0.2) is 0 Å². The van der Waals surface area contributed by atoms with E-state index in [1.54, 1.807) is 34.9 Å². The Kier molecular flexibility index (Phi) is 3.86. The summed E-state index contributed by atoms with van der Waals surface area (Å²) in [4.78, 5) is 14.2. The number of thiophene rings is 1. The van der Waals surface area contributed by atoms with Gasteiger partial charge < -0.3 is 5.32 Å². The second-order valence-electron chi connectivity index (χ2n) is 4.21. The molecule has 1 unspecified atom stereocenters. The molecular formula is C14H13NOS3. The molecule has 1 aromatic heterocycles. The summed E-state index contributed by atoms with van der Waals surface area (Å²) < 4.78 is 0. The van der Waals surface area contributed by atoms with Crippen molar-refractivity contribution < 1.29 is 4.79 Å². The van der Waals surface area contributed by atoms with Gasteiger partial charge in [0.2, 0.25) is 5.91 Å². The van der Waals surface area contributed by atoms with Gasteiger partial charge in [-0.3, -0.25) is 4.79 Å². The van der Waals surface area contributed by atoms with Crippen LogP contribution in [0.15, 0.2) is 40.6 Å². The van der Waals surface area contributed by atoms with E-state index in [9.17, 15) is 4.79 Å². The molecule has 0 saturated heterocycles. The minimum Gasteiger partial charge on any atom is -0.324 e. The van der Waals surface area contributed by atoms with Crippen LogP contribution >= 0.6 is 34.9 Å². The molecule has 98 valence electrons. The van der Waals surface area contributed by atoms with E-state index in [-0.39, 0.29) is 11.2 Å². The topological polar surface area (TPSA) is 29.1 Å². The van der Waals surface area contributed by atoms with Crippen molar-refractivity contribution in [3.8, 4) is 0 Å². The average molecular weight is 307 g/mol. The maximum absolute atomic E-state index is 11.7. The van der Waals surface area contributed by atoms with Gasteiger partial charge in [-0.2, -0.15) is 0 Å². The van der Waals surface area contributed by atoms with Gasteiger partial charge in [0.25, 0.3) is 0 Å². The Balaban J connectivity index is 1.98. The Bertz CT molecular complexity index is 591. The van der Waals surface area contributed by atoms with E-state index < -0.39 is 0 Å². The summed E-state index contributed by atoms with van der Waals surface area (Å²) >= 11 is 5.16. The van der Waals surface area contributed by atoms with Gasteiger partial charge in [-0.1, -0.05) is 12.1 Å². The van der Waals surface area contributed by atoms with Crippen LogP contribution < -0.4 is 5.32 Å². The molecule has 3 rings (SSSR count). The van der Waals surface area contributed by atoms with E-state index in [1.165, 1.54) is 15.3 Å². The van der Waals surface area contributed by atoms with Crippen molar-refractivity contribution in [1.82, 2.24) is 0 Å². The summed E-state index contributed by atoms with van der Waals surface area (Å²) in [6.45, 7) is 0. The number of benzene rings is 1. The zero-order valence-corrected chi connectivity index (χ0v) is 12.8. The lowest BCUT2D eigenvalue weighted by Crippen LogP contribution is -2.11. The van der Waals surface area contributed by atoms with Crippen LogP contribution in [0.1, 0.15) is 15.7 Å². The van der Waals surface area contributed by atoms with Gasteiger partial charge in [-0.25, -0.2) is 0 Å². The van der Waals surface area contributed by atoms with Gasteiger partial charge in [0, 0.05) is 9.77 Å². The van der Waals surface area contributed by atoms with Gasteiger partial charge in [0.05, 0.1) is 16.7 Å². The number of hydrogen-bond acceptors (Lipinski definition) is 4. The largest absolute Gasteiger partial charge is 0.324 e. The molecule has 0 aliphatic carbocycles. The van der Waals surface area contributed by atoms with Crippen LogP contribution in [0.4, 0.5) is 5.69 Å². The molecule has 1 aliphatic rings. The quantitative estimate of drug-likeness (QED) is 0.841. The van der Waals surface area contributed by atoms with Crippen LogP contribution in [0.25, 0.3) is 0 Å². The molecule has 0 radical (unpaired) electrons. The van der Waals surface area contributed by atoms with Crippen LogP contribution in [0, 0.1) is 0 Å². The second-order valence-corrected chi connectivity index (χ2v) is 7.13. The first kappa shape index (κ1) is 13.1. The number of hydrogen-bond donors (Lipinski definition) is 1. The Morgan fingerprint density at radius 1 is 1.26 bits per heavy atom. The predicted octanol–water partition coefficient (Wildman–Crippen LogP) is 4.24. The minimum atomic E-state index is 0.0906. The first-order valence-electron chi connectivity index (χ1n) is 5.90. The lowest BCUT2D eigenvalue weighted by molar-refractivity contribution is -0.113. The van der Waals surface area contributed by atoms with E-state index >= 15 is 0 Å². The zero-order valence-electron chi connectivity index (χ0n) is 10.4. The number of anilines is 1. The maximum atomic E-state index is 11.7.